The highest BCUT2D eigenvalue weighted by Gasteiger charge is 2.08. The molecule has 0 aliphatic rings. The second-order valence-electron chi connectivity index (χ2n) is 2.93. The first-order valence-electron chi connectivity index (χ1n) is 4.50. The third kappa shape index (κ3) is 2.41. The number of hydrogen-bond donors (Lipinski definition) is 0. The lowest BCUT2D eigenvalue weighted by molar-refractivity contribution is 0.0987. The maximum atomic E-state index is 11.5. The second-order valence-corrected chi connectivity index (χ2v) is 3.85. The molecule has 0 saturated heterocycles. The molecule has 0 spiro atoms. The molecule has 0 bridgehead atoms. The summed E-state index contributed by atoms with van der Waals surface area (Å²) in [6.07, 6.45) is 1.48. The average Bonchev–Trinajstić information content (AvgIpc) is 2.16. The van der Waals surface area contributed by atoms with Crippen molar-refractivity contribution in [2.75, 3.05) is 0 Å². The normalized spacial score (nSPS) is 10.1. The van der Waals surface area contributed by atoms with Crippen LogP contribution in [0, 0.1) is 0 Å². The minimum Gasteiger partial charge on any atom is -0.294 e. The number of rotatable bonds is 3. The van der Waals surface area contributed by atoms with Crippen LogP contribution in [-0.4, -0.2) is 5.78 Å². The van der Waals surface area contributed by atoms with Crippen LogP contribution in [0.15, 0.2) is 22.7 Å². The number of carbonyl (C=O) groups is 1. The Bertz CT molecular complexity index is 318. The topological polar surface area (TPSA) is 17.1 Å². The van der Waals surface area contributed by atoms with Gasteiger partial charge in [0.1, 0.15) is 0 Å². The van der Waals surface area contributed by atoms with Crippen LogP contribution in [0.2, 0.25) is 0 Å². The molecular weight excluding hydrogens is 228 g/mol. The van der Waals surface area contributed by atoms with Gasteiger partial charge in [-0.15, -0.1) is 0 Å². The molecule has 1 aromatic carbocycles. The summed E-state index contributed by atoms with van der Waals surface area (Å²) < 4.78 is 0.974. The Hall–Kier alpha value is -0.630. The zero-order valence-electron chi connectivity index (χ0n) is 7.93. The molecular formula is C11H13BrO. The maximum absolute atomic E-state index is 11.5. The molecule has 1 aromatic rings. The van der Waals surface area contributed by atoms with Gasteiger partial charge in [0.05, 0.1) is 0 Å². The Morgan fingerprint density at radius 1 is 1.38 bits per heavy atom. The van der Waals surface area contributed by atoms with E-state index in [0.717, 1.165) is 22.0 Å². The van der Waals surface area contributed by atoms with Crippen LogP contribution in [0.5, 0.6) is 0 Å². The van der Waals surface area contributed by atoms with Crippen molar-refractivity contribution in [1.29, 1.82) is 0 Å². The van der Waals surface area contributed by atoms with Crippen molar-refractivity contribution in [1.82, 2.24) is 0 Å². The molecule has 0 heterocycles. The number of Topliss-reactive ketones (excluding diaryl/α,β-unsaturated/α-hetero) is 1. The van der Waals surface area contributed by atoms with Gasteiger partial charge < -0.3 is 0 Å². The van der Waals surface area contributed by atoms with Crippen molar-refractivity contribution in [2.24, 2.45) is 0 Å². The number of carbonyl (C=O) groups excluding carboxylic acids is 1. The van der Waals surface area contributed by atoms with Crippen LogP contribution >= 0.6 is 15.9 Å². The van der Waals surface area contributed by atoms with E-state index in [4.69, 9.17) is 0 Å². The molecule has 0 unspecified atom stereocenters. The van der Waals surface area contributed by atoms with Crippen molar-refractivity contribution in [2.45, 2.75) is 26.7 Å². The van der Waals surface area contributed by atoms with Gasteiger partial charge >= 0.3 is 0 Å². The van der Waals surface area contributed by atoms with E-state index < -0.39 is 0 Å². The highest BCUT2D eigenvalue weighted by atomic mass is 79.9. The Labute approximate surface area is 87.3 Å². The molecule has 0 radical (unpaired) electrons. The predicted molar refractivity (Wildman–Crippen MR) is 58.1 cm³/mol. The van der Waals surface area contributed by atoms with Gasteiger partial charge in [0.25, 0.3) is 0 Å². The molecule has 2 heteroatoms. The fraction of sp³-hybridized carbons (Fsp3) is 0.364. The van der Waals surface area contributed by atoms with Crippen LogP contribution in [0.4, 0.5) is 0 Å². The van der Waals surface area contributed by atoms with Crippen molar-refractivity contribution < 1.29 is 4.79 Å². The Balaban J connectivity index is 3.15. The second kappa shape index (κ2) is 4.56. The van der Waals surface area contributed by atoms with E-state index in [2.05, 4.69) is 22.9 Å². The zero-order chi connectivity index (χ0) is 9.84. The lowest BCUT2D eigenvalue weighted by Gasteiger charge is -2.05. The van der Waals surface area contributed by atoms with Gasteiger partial charge in [-0.2, -0.15) is 0 Å². The third-order valence-electron chi connectivity index (χ3n) is 2.07. The summed E-state index contributed by atoms with van der Waals surface area (Å²) in [5, 5.41) is 0. The summed E-state index contributed by atoms with van der Waals surface area (Å²) in [4.78, 5) is 11.5. The lowest BCUT2D eigenvalue weighted by Crippen LogP contribution is -2.01. The third-order valence-corrected chi connectivity index (χ3v) is 2.57. The largest absolute Gasteiger partial charge is 0.294 e. The molecule has 0 aliphatic carbocycles. The van der Waals surface area contributed by atoms with Gasteiger partial charge in [0, 0.05) is 16.5 Å². The molecule has 0 aromatic heterocycles. The van der Waals surface area contributed by atoms with E-state index in [1.165, 1.54) is 0 Å². The van der Waals surface area contributed by atoms with Gasteiger partial charge in [-0.1, -0.05) is 35.8 Å². The number of ketones is 1. The van der Waals surface area contributed by atoms with Crippen LogP contribution < -0.4 is 0 Å². The first-order chi connectivity index (χ1) is 6.19. The summed E-state index contributed by atoms with van der Waals surface area (Å²) in [5.41, 5.74) is 1.99. The molecule has 0 amide bonds. The summed E-state index contributed by atoms with van der Waals surface area (Å²) in [6, 6.07) is 5.89. The Morgan fingerprint density at radius 2 is 2.08 bits per heavy atom. The van der Waals surface area contributed by atoms with Crippen LogP contribution in [-0.2, 0) is 6.42 Å². The van der Waals surface area contributed by atoms with E-state index in [-0.39, 0.29) is 5.78 Å². The predicted octanol–water partition coefficient (Wildman–Crippen LogP) is 3.60. The smallest absolute Gasteiger partial charge is 0.162 e. The molecule has 0 N–H and O–H groups in total. The van der Waals surface area contributed by atoms with E-state index in [1.54, 1.807) is 0 Å². The molecule has 0 aliphatic heterocycles. The summed E-state index contributed by atoms with van der Waals surface area (Å²) >= 11 is 3.37. The van der Waals surface area contributed by atoms with E-state index in [0.29, 0.717) is 6.42 Å². The molecule has 0 saturated carbocycles. The van der Waals surface area contributed by atoms with Gasteiger partial charge in [-0.05, 0) is 24.1 Å². The van der Waals surface area contributed by atoms with E-state index in [9.17, 15) is 4.79 Å². The van der Waals surface area contributed by atoms with Crippen molar-refractivity contribution in [3.63, 3.8) is 0 Å². The van der Waals surface area contributed by atoms with E-state index >= 15 is 0 Å². The standard InChI is InChI=1S/C11H13BrO/c1-3-8-5-6-9(12)7-10(8)11(13)4-2/h5-7H,3-4H2,1-2H3. The lowest BCUT2D eigenvalue weighted by atomic mass is 10.0. The fourth-order valence-corrected chi connectivity index (χ4v) is 1.67. The monoisotopic (exact) mass is 240 g/mol. The molecule has 13 heavy (non-hydrogen) atoms. The molecule has 1 rings (SSSR count). The summed E-state index contributed by atoms with van der Waals surface area (Å²) in [7, 11) is 0. The van der Waals surface area contributed by atoms with Crippen molar-refractivity contribution in [3.8, 4) is 0 Å². The van der Waals surface area contributed by atoms with Gasteiger partial charge in [0.2, 0.25) is 0 Å². The van der Waals surface area contributed by atoms with Crippen LogP contribution in [0.25, 0.3) is 0 Å². The van der Waals surface area contributed by atoms with Crippen molar-refractivity contribution >= 4 is 21.7 Å². The van der Waals surface area contributed by atoms with E-state index in [1.807, 2.05) is 25.1 Å². The Morgan fingerprint density at radius 3 is 2.62 bits per heavy atom. The highest BCUT2D eigenvalue weighted by molar-refractivity contribution is 9.10. The number of benzene rings is 1. The minimum atomic E-state index is 0.221. The van der Waals surface area contributed by atoms with Crippen LogP contribution in [0.3, 0.4) is 0 Å². The molecule has 0 atom stereocenters. The first kappa shape index (κ1) is 10.5. The molecule has 0 fully saturated rings. The summed E-state index contributed by atoms with van der Waals surface area (Å²) in [5.74, 6) is 0.221. The van der Waals surface area contributed by atoms with Gasteiger partial charge in [-0.25, -0.2) is 0 Å². The zero-order valence-corrected chi connectivity index (χ0v) is 9.52. The van der Waals surface area contributed by atoms with Gasteiger partial charge in [0.15, 0.2) is 5.78 Å². The SMILES string of the molecule is CCC(=O)c1cc(Br)ccc1CC. The quantitative estimate of drug-likeness (QED) is 0.739. The first-order valence-corrected chi connectivity index (χ1v) is 5.30. The number of hydrogen-bond acceptors (Lipinski definition) is 1. The van der Waals surface area contributed by atoms with Gasteiger partial charge in [-0.3, -0.25) is 4.79 Å². The van der Waals surface area contributed by atoms with Crippen molar-refractivity contribution in [3.05, 3.63) is 33.8 Å². The fourth-order valence-electron chi connectivity index (χ4n) is 1.31. The Kier molecular flexibility index (Phi) is 3.67. The average molecular weight is 241 g/mol. The number of aryl methyl sites for hydroxylation is 1. The minimum absolute atomic E-state index is 0.221. The summed E-state index contributed by atoms with van der Waals surface area (Å²) in [6.45, 7) is 3.96. The highest BCUT2D eigenvalue weighted by Crippen LogP contribution is 2.18. The molecule has 1 nitrogen and oxygen atoms in total. The van der Waals surface area contributed by atoms with Crippen LogP contribution in [0.1, 0.15) is 36.2 Å². The number of halogens is 1. The molecule has 70 valence electrons. The maximum Gasteiger partial charge on any atom is 0.162 e.